The van der Waals surface area contributed by atoms with Gasteiger partial charge in [-0.25, -0.2) is 13.4 Å². The highest BCUT2D eigenvalue weighted by molar-refractivity contribution is 7.89. The minimum Gasteiger partial charge on any atom is -0.363 e. The van der Waals surface area contributed by atoms with E-state index in [0.717, 1.165) is 24.4 Å². The molecule has 3 heterocycles. The summed E-state index contributed by atoms with van der Waals surface area (Å²) in [4.78, 5) is 11.4. The van der Waals surface area contributed by atoms with E-state index in [1.54, 1.807) is 0 Å². The van der Waals surface area contributed by atoms with Crippen molar-refractivity contribution in [1.82, 2.24) is 19.4 Å². The Balaban J connectivity index is 1.43. The van der Waals surface area contributed by atoms with Crippen LogP contribution in [0.5, 0.6) is 0 Å². The van der Waals surface area contributed by atoms with Crippen LogP contribution in [0, 0.1) is 6.92 Å². The lowest BCUT2D eigenvalue weighted by molar-refractivity contribution is 0.382. The van der Waals surface area contributed by atoms with Crippen molar-refractivity contribution < 1.29 is 12.9 Å². The molecule has 152 valence electrons. The molecule has 2 aliphatic rings. The van der Waals surface area contributed by atoms with Crippen molar-refractivity contribution in [1.29, 1.82) is 0 Å². The zero-order valence-corrected chi connectivity index (χ0v) is 16.9. The normalized spacial score (nSPS) is 19.7. The number of rotatable bonds is 5. The summed E-state index contributed by atoms with van der Waals surface area (Å²) in [5.74, 6) is 1.51. The van der Waals surface area contributed by atoms with Gasteiger partial charge < -0.3 is 14.7 Å². The van der Waals surface area contributed by atoms with Crippen LogP contribution in [0.25, 0.3) is 0 Å². The lowest BCUT2D eigenvalue weighted by Crippen LogP contribution is -2.49. The monoisotopic (exact) mass is 406 g/mol. The van der Waals surface area contributed by atoms with Crippen molar-refractivity contribution in [3.63, 3.8) is 0 Å². The average molecular weight is 407 g/mol. The van der Waals surface area contributed by atoms with Crippen LogP contribution in [0.2, 0.25) is 0 Å². The summed E-state index contributed by atoms with van der Waals surface area (Å²) in [5, 5.41) is 6.98. The van der Waals surface area contributed by atoms with Crippen LogP contribution in [-0.4, -0.2) is 60.1 Å². The summed E-state index contributed by atoms with van der Waals surface area (Å²) in [6.07, 6.45) is 8.52. The third-order valence-electron chi connectivity index (χ3n) is 5.39. The van der Waals surface area contributed by atoms with Crippen LogP contribution < -0.4 is 10.2 Å². The molecule has 10 heteroatoms. The molecule has 1 aliphatic heterocycles. The molecule has 0 spiro atoms. The van der Waals surface area contributed by atoms with E-state index in [4.69, 9.17) is 4.98 Å². The Morgan fingerprint density at radius 1 is 1.11 bits per heavy atom. The van der Waals surface area contributed by atoms with Gasteiger partial charge in [0.2, 0.25) is 16.0 Å². The van der Waals surface area contributed by atoms with Gasteiger partial charge >= 0.3 is 0 Å². The van der Waals surface area contributed by atoms with Gasteiger partial charge in [0, 0.05) is 44.0 Å². The highest BCUT2D eigenvalue weighted by Gasteiger charge is 2.30. The molecule has 1 N–H and O–H groups in total. The van der Waals surface area contributed by atoms with Crippen molar-refractivity contribution in [2.45, 2.75) is 50.0 Å². The summed E-state index contributed by atoms with van der Waals surface area (Å²) < 4.78 is 31.3. The fraction of sp³-hybridized carbons (Fsp3) is 0.611. The minimum absolute atomic E-state index is 0.0952. The first-order valence-corrected chi connectivity index (χ1v) is 11.2. The Labute approximate surface area is 165 Å². The van der Waals surface area contributed by atoms with Crippen LogP contribution in [0.15, 0.2) is 27.9 Å². The molecule has 1 saturated heterocycles. The zero-order chi connectivity index (χ0) is 19.6. The third kappa shape index (κ3) is 4.12. The predicted molar refractivity (Wildman–Crippen MR) is 105 cm³/mol. The van der Waals surface area contributed by atoms with Crippen LogP contribution >= 0.6 is 0 Å². The van der Waals surface area contributed by atoms with Crippen molar-refractivity contribution in [3.05, 3.63) is 24.2 Å². The van der Waals surface area contributed by atoms with Gasteiger partial charge in [0.05, 0.1) is 6.20 Å². The molecule has 0 bridgehead atoms. The third-order valence-corrected chi connectivity index (χ3v) is 7.23. The van der Waals surface area contributed by atoms with Gasteiger partial charge in [-0.15, -0.1) is 0 Å². The van der Waals surface area contributed by atoms with E-state index in [2.05, 4.69) is 24.9 Å². The van der Waals surface area contributed by atoms with Crippen LogP contribution in [0.4, 0.5) is 11.8 Å². The number of sulfonamides is 1. The molecule has 0 unspecified atom stereocenters. The Morgan fingerprint density at radius 3 is 2.54 bits per heavy atom. The number of hydrogen-bond donors (Lipinski definition) is 1. The molecule has 1 aliphatic carbocycles. The van der Waals surface area contributed by atoms with Gasteiger partial charge in [-0.2, -0.15) is 9.29 Å². The number of nitrogens with one attached hydrogen (secondary N) is 1. The lowest BCUT2D eigenvalue weighted by atomic mass is 9.96. The number of hydrogen-bond acceptors (Lipinski definition) is 8. The smallest absolute Gasteiger partial charge is 0.248 e. The fourth-order valence-corrected chi connectivity index (χ4v) is 5.12. The van der Waals surface area contributed by atoms with Crippen molar-refractivity contribution >= 4 is 21.8 Å². The SMILES string of the molecule is Cc1cc(N2CCN(S(=O)(=O)c3cnoc3)CC2)nc(NC2CCCCC2)n1. The standard InChI is InChI=1S/C18H26N6O3S/c1-14-11-17(22-18(20-14)21-15-5-3-2-4-6-15)23-7-9-24(10-8-23)28(25,26)16-12-19-27-13-16/h11-13,15H,2-10H2,1H3,(H,20,21,22). The molecule has 0 radical (unpaired) electrons. The van der Waals surface area contributed by atoms with Gasteiger partial charge in [-0.05, 0) is 19.8 Å². The Morgan fingerprint density at radius 2 is 1.86 bits per heavy atom. The van der Waals surface area contributed by atoms with Crippen LogP contribution in [-0.2, 0) is 10.0 Å². The maximum absolute atomic E-state index is 12.6. The molecule has 4 rings (SSSR count). The number of aryl methyl sites for hydroxylation is 1. The summed E-state index contributed by atoms with van der Waals surface area (Å²) in [5.41, 5.74) is 0.905. The van der Waals surface area contributed by atoms with Crippen molar-refractivity contribution in [2.24, 2.45) is 0 Å². The summed E-state index contributed by atoms with van der Waals surface area (Å²) in [7, 11) is -3.55. The second-order valence-electron chi connectivity index (χ2n) is 7.42. The zero-order valence-electron chi connectivity index (χ0n) is 16.0. The van der Waals surface area contributed by atoms with E-state index in [0.29, 0.717) is 38.2 Å². The Kier molecular flexibility index (Phi) is 5.49. The van der Waals surface area contributed by atoms with Crippen LogP contribution in [0.1, 0.15) is 37.8 Å². The second-order valence-corrected chi connectivity index (χ2v) is 9.36. The summed E-state index contributed by atoms with van der Waals surface area (Å²) >= 11 is 0. The highest BCUT2D eigenvalue weighted by Crippen LogP contribution is 2.23. The first-order valence-electron chi connectivity index (χ1n) is 9.79. The number of anilines is 2. The fourth-order valence-electron chi connectivity index (χ4n) is 3.84. The number of aromatic nitrogens is 3. The first-order chi connectivity index (χ1) is 13.5. The molecule has 28 heavy (non-hydrogen) atoms. The highest BCUT2D eigenvalue weighted by atomic mass is 32.2. The van der Waals surface area contributed by atoms with Gasteiger partial charge in [0.15, 0.2) is 0 Å². The Bertz CT molecular complexity index is 888. The van der Waals surface area contributed by atoms with Crippen LogP contribution in [0.3, 0.4) is 0 Å². The van der Waals surface area contributed by atoms with Gasteiger partial charge in [0.1, 0.15) is 17.0 Å². The maximum Gasteiger partial charge on any atom is 0.248 e. The van der Waals surface area contributed by atoms with E-state index in [1.807, 2.05) is 13.0 Å². The summed E-state index contributed by atoms with van der Waals surface area (Å²) in [6, 6.07) is 2.39. The lowest BCUT2D eigenvalue weighted by Gasteiger charge is -2.34. The maximum atomic E-state index is 12.6. The number of piperazine rings is 1. The average Bonchev–Trinajstić information content (AvgIpc) is 3.24. The molecular formula is C18H26N6O3S. The van der Waals surface area contributed by atoms with Crippen molar-refractivity contribution in [3.8, 4) is 0 Å². The van der Waals surface area contributed by atoms with Gasteiger partial charge in [-0.1, -0.05) is 24.4 Å². The summed E-state index contributed by atoms with van der Waals surface area (Å²) in [6.45, 7) is 3.89. The van der Waals surface area contributed by atoms with E-state index in [9.17, 15) is 8.42 Å². The quantitative estimate of drug-likeness (QED) is 0.804. The topological polar surface area (TPSA) is 104 Å². The molecule has 2 aromatic heterocycles. The molecule has 9 nitrogen and oxygen atoms in total. The van der Waals surface area contributed by atoms with E-state index in [1.165, 1.54) is 36.0 Å². The van der Waals surface area contributed by atoms with E-state index >= 15 is 0 Å². The molecule has 0 atom stereocenters. The molecule has 1 saturated carbocycles. The number of nitrogens with zero attached hydrogens (tertiary/aromatic N) is 5. The van der Waals surface area contributed by atoms with Gasteiger partial charge in [0.25, 0.3) is 0 Å². The van der Waals surface area contributed by atoms with Crippen molar-refractivity contribution in [2.75, 3.05) is 36.4 Å². The molecule has 0 amide bonds. The minimum atomic E-state index is -3.55. The molecule has 2 fully saturated rings. The predicted octanol–water partition coefficient (Wildman–Crippen LogP) is 2.03. The first kappa shape index (κ1) is 19.1. The van der Waals surface area contributed by atoms with E-state index in [-0.39, 0.29) is 4.90 Å². The largest absolute Gasteiger partial charge is 0.363 e. The molecular weight excluding hydrogens is 380 g/mol. The van der Waals surface area contributed by atoms with E-state index < -0.39 is 10.0 Å². The Hall–Kier alpha value is -2.20. The molecule has 2 aromatic rings. The molecule has 0 aromatic carbocycles. The second kappa shape index (κ2) is 8.04. The van der Waals surface area contributed by atoms with Gasteiger partial charge in [-0.3, -0.25) is 0 Å².